The highest BCUT2D eigenvalue weighted by Crippen LogP contribution is 2.66. The maximum Gasteiger partial charge on any atom is 0.186 e. The van der Waals surface area contributed by atoms with Gasteiger partial charge in [-0.25, -0.2) is 0 Å². The van der Waals surface area contributed by atoms with Gasteiger partial charge in [-0.1, -0.05) is 33.3 Å². The molecule has 3 saturated carbocycles. The van der Waals surface area contributed by atoms with E-state index in [0.29, 0.717) is 19.3 Å². The summed E-state index contributed by atoms with van der Waals surface area (Å²) in [4.78, 5) is 27.9. The van der Waals surface area contributed by atoms with Crippen molar-refractivity contribution in [1.29, 1.82) is 0 Å². The highest BCUT2D eigenvalue weighted by molar-refractivity contribution is 5.94. The molecule has 0 bridgehead atoms. The van der Waals surface area contributed by atoms with Crippen LogP contribution in [0.4, 0.5) is 0 Å². The summed E-state index contributed by atoms with van der Waals surface area (Å²) in [6.07, 6.45) is 0.173. The minimum Gasteiger partial charge on any atom is -0.394 e. The van der Waals surface area contributed by atoms with Crippen molar-refractivity contribution in [3.8, 4) is 0 Å². The number of hydrogen-bond acceptors (Lipinski definition) is 10. The minimum absolute atomic E-state index is 0.0778. The zero-order valence-corrected chi connectivity index (χ0v) is 28.8. The van der Waals surface area contributed by atoms with Crippen LogP contribution in [0.5, 0.6) is 0 Å². The lowest BCUT2D eigenvalue weighted by molar-refractivity contribution is -0.313. The van der Waals surface area contributed by atoms with Crippen LogP contribution in [0.3, 0.4) is 0 Å². The van der Waals surface area contributed by atoms with Crippen molar-refractivity contribution in [2.24, 2.45) is 46.3 Å². The third-order valence-electron chi connectivity index (χ3n) is 13.9. The first-order valence-electron chi connectivity index (χ1n) is 17.7. The largest absolute Gasteiger partial charge is 0.394 e. The lowest BCUT2D eigenvalue weighted by atomic mass is 9.46. The van der Waals surface area contributed by atoms with Crippen molar-refractivity contribution in [2.75, 3.05) is 13.7 Å². The fourth-order valence-electron chi connectivity index (χ4n) is 10.7. The number of hydrogen-bond donors (Lipinski definition) is 6. The monoisotopic (exact) mass is 649 g/mol. The summed E-state index contributed by atoms with van der Waals surface area (Å²) in [5, 5.41) is 55.0. The third kappa shape index (κ3) is 5.86. The van der Waals surface area contributed by atoms with Crippen LogP contribution in [0, 0.1) is 46.3 Å². The average molecular weight is 650 g/mol. The van der Waals surface area contributed by atoms with E-state index in [1.807, 2.05) is 40.8 Å². The molecular formula is C36H59NO9. The molecule has 0 amide bonds. The number of aliphatic hydroxyl groups excluding tert-OH is 5. The van der Waals surface area contributed by atoms with Gasteiger partial charge in [0, 0.05) is 23.3 Å². The van der Waals surface area contributed by atoms with Crippen molar-refractivity contribution in [1.82, 2.24) is 5.32 Å². The second-order valence-corrected chi connectivity index (χ2v) is 16.3. The standard InChI is InChI=1S/C36H59NO9/c1-8-21(34(3,4)37-7)29(41)28(40)18(2)22-9-10-23-27-24(12-14-36(22,23)6)35(5)13-11-20(15-19(35)16-25(27)39)45-33-32(44)31(43)30(42)26(17-38)46-33/h16,18,20-24,26-27,29-33,37-38,41-44H,8-15,17H2,1-7H3. The van der Waals surface area contributed by atoms with Gasteiger partial charge < -0.3 is 40.3 Å². The maximum atomic E-state index is 14.0. The topological polar surface area (TPSA) is 166 Å². The second-order valence-electron chi connectivity index (χ2n) is 16.3. The Bertz CT molecular complexity index is 1170. The van der Waals surface area contributed by atoms with Crippen LogP contribution < -0.4 is 5.32 Å². The maximum absolute atomic E-state index is 14.0. The van der Waals surface area contributed by atoms with Gasteiger partial charge >= 0.3 is 0 Å². The van der Waals surface area contributed by atoms with Gasteiger partial charge in [-0.3, -0.25) is 9.59 Å². The zero-order valence-electron chi connectivity index (χ0n) is 28.8. The molecule has 262 valence electrons. The predicted octanol–water partition coefficient (Wildman–Crippen LogP) is 2.52. The van der Waals surface area contributed by atoms with Gasteiger partial charge in [0.25, 0.3) is 0 Å². The van der Waals surface area contributed by atoms with Crippen LogP contribution in [-0.4, -0.2) is 99.2 Å². The number of ether oxygens (including phenoxy) is 2. The summed E-state index contributed by atoms with van der Waals surface area (Å²) in [7, 11) is 1.87. The molecule has 5 rings (SSSR count). The number of carbonyl (C=O) groups is 2. The SMILES string of the molecule is CCC(C(O)C(=O)C(C)C1CCC2C3C(=O)C=C4CC(OC5OC(CO)C(O)C(O)C5O)CCC4(C)C3CCC12C)C(C)(C)NC. The summed E-state index contributed by atoms with van der Waals surface area (Å²) in [6, 6.07) is 0. The van der Waals surface area contributed by atoms with Gasteiger partial charge in [0.2, 0.25) is 0 Å². The van der Waals surface area contributed by atoms with E-state index in [-0.39, 0.29) is 69.5 Å². The zero-order chi connectivity index (χ0) is 33.9. The Morgan fingerprint density at radius 1 is 1.09 bits per heavy atom. The molecule has 15 unspecified atom stereocenters. The molecule has 4 aliphatic carbocycles. The van der Waals surface area contributed by atoms with Crippen molar-refractivity contribution < 1.29 is 44.6 Å². The van der Waals surface area contributed by atoms with Crippen molar-refractivity contribution in [3.63, 3.8) is 0 Å². The van der Waals surface area contributed by atoms with Crippen LogP contribution in [-0.2, 0) is 19.1 Å². The lowest BCUT2D eigenvalue weighted by Crippen LogP contribution is -2.60. The number of carbonyl (C=O) groups excluding carboxylic acids is 2. The molecule has 0 aromatic heterocycles. The summed E-state index contributed by atoms with van der Waals surface area (Å²) < 4.78 is 11.7. The Morgan fingerprint density at radius 3 is 2.41 bits per heavy atom. The van der Waals surface area contributed by atoms with Crippen molar-refractivity contribution in [3.05, 3.63) is 11.6 Å². The molecule has 15 atom stereocenters. The summed E-state index contributed by atoms with van der Waals surface area (Å²) in [5.41, 5.74) is 0.355. The third-order valence-corrected chi connectivity index (χ3v) is 13.9. The van der Waals surface area contributed by atoms with Crippen molar-refractivity contribution in [2.45, 2.75) is 141 Å². The first-order valence-corrected chi connectivity index (χ1v) is 17.7. The molecule has 10 nitrogen and oxygen atoms in total. The number of ketones is 2. The first kappa shape index (κ1) is 36.1. The molecule has 0 spiro atoms. The molecule has 5 aliphatic rings. The van der Waals surface area contributed by atoms with Gasteiger partial charge in [-0.15, -0.1) is 0 Å². The summed E-state index contributed by atoms with van der Waals surface area (Å²) in [6.45, 7) is 12.1. The fraction of sp³-hybridized carbons (Fsp3) is 0.889. The molecule has 1 heterocycles. The van der Waals surface area contributed by atoms with E-state index in [2.05, 4.69) is 19.2 Å². The molecule has 1 saturated heterocycles. The van der Waals surface area contributed by atoms with E-state index in [4.69, 9.17) is 9.47 Å². The van der Waals surface area contributed by atoms with E-state index >= 15 is 0 Å². The first-order chi connectivity index (χ1) is 21.5. The van der Waals surface area contributed by atoms with Gasteiger partial charge in [0.15, 0.2) is 17.9 Å². The van der Waals surface area contributed by atoms with Crippen LogP contribution >= 0.6 is 0 Å². The predicted molar refractivity (Wildman–Crippen MR) is 171 cm³/mol. The van der Waals surface area contributed by atoms with E-state index in [1.165, 1.54) is 0 Å². The molecule has 0 aromatic rings. The summed E-state index contributed by atoms with van der Waals surface area (Å²) in [5.74, 6) is -0.0136. The minimum atomic E-state index is -1.50. The molecule has 1 aliphatic heterocycles. The molecule has 0 aromatic carbocycles. The Morgan fingerprint density at radius 2 is 1.78 bits per heavy atom. The highest BCUT2D eigenvalue weighted by Gasteiger charge is 2.62. The molecule has 0 radical (unpaired) electrons. The fourth-order valence-corrected chi connectivity index (χ4v) is 10.7. The number of aliphatic hydroxyl groups is 5. The lowest BCUT2D eigenvalue weighted by Gasteiger charge is -2.57. The highest BCUT2D eigenvalue weighted by atomic mass is 16.7. The second kappa shape index (κ2) is 13.2. The van der Waals surface area contributed by atoms with Crippen LogP contribution in [0.25, 0.3) is 0 Å². The normalized spacial score (nSPS) is 44.8. The summed E-state index contributed by atoms with van der Waals surface area (Å²) >= 11 is 0. The van der Waals surface area contributed by atoms with Crippen LogP contribution in [0.1, 0.15) is 92.9 Å². The molecule has 10 heteroatoms. The number of allylic oxidation sites excluding steroid dienone is 1. The Balaban J connectivity index is 1.30. The van der Waals surface area contributed by atoms with E-state index in [0.717, 1.165) is 37.7 Å². The Hall–Kier alpha value is -1.24. The van der Waals surface area contributed by atoms with Crippen molar-refractivity contribution >= 4 is 11.6 Å². The van der Waals surface area contributed by atoms with E-state index in [9.17, 15) is 35.1 Å². The van der Waals surface area contributed by atoms with Crippen LogP contribution in [0.2, 0.25) is 0 Å². The molecule has 6 N–H and O–H groups in total. The van der Waals surface area contributed by atoms with E-state index in [1.54, 1.807) is 0 Å². The van der Waals surface area contributed by atoms with Gasteiger partial charge in [-0.05, 0) is 107 Å². The number of Topliss-reactive ketones (excluding diaryl/α,β-unsaturated/α-hetero) is 1. The smallest absolute Gasteiger partial charge is 0.186 e. The number of fused-ring (bicyclic) bond motifs is 5. The molecule has 46 heavy (non-hydrogen) atoms. The quantitative estimate of drug-likeness (QED) is 0.207. The van der Waals surface area contributed by atoms with Gasteiger partial charge in [-0.2, -0.15) is 0 Å². The molecule has 4 fully saturated rings. The van der Waals surface area contributed by atoms with E-state index < -0.39 is 43.4 Å². The Labute approximate surface area is 274 Å². The van der Waals surface area contributed by atoms with Gasteiger partial charge in [0.1, 0.15) is 30.5 Å². The Kier molecular flexibility index (Phi) is 10.4. The van der Waals surface area contributed by atoms with Gasteiger partial charge in [0.05, 0.1) is 12.7 Å². The number of nitrogens with one attached hydrogen (secondary N) is 1. The average Bonchev–Trinajstić information content (AvgIpc) is 3.38. The molecular weight excluding hydrogens is 590 g/mol. The van der Waals surface area contributed by atoms with Crippen LogP contribution in [0.15, 0.2) is 11.6 Å². The number of rotatable bonds is 10.